The number of hydrogen-bond acceptors (Lipinski definition) is 4. The summed E-state index contributed by atoms with van der Waals surface area (Å²) in [6, 6.07) is 5.36. The molecule has 0 spiro atoms. The first-order chi connectivity index (χ1) is 9.11. The summed E-state index contributed by atoms with van der Waals surface area (Å²) >= 11 is 11.0. The summed E-state index contributed by atoms with van der Waals surface area (Å²) in [5.74, 6) is 0.844. The number of nitrogens with one attached hydrogen (secondary N) is 1. The van der Waals surface area contributed by atoms with Gasteiger partial charge in [0.15, 0.2) is 5.82 Å². The van der Waals surface area contributed by atoms with Crippen molar-refractivity contribution in [3.05, 3.63) is 40.9 Å². The average molecular weight is 296 g/mol. The molecule has 7 heteroatoms. The first-order valence-corrected chi connectivity index (χ1v) is 6.60. The van der Waals surface area contributed by atoms with E-state index in [0.29, 0.717) is 16.6 Å². The molecule has 0 bridgehead atoms. The van der Waals surface area contributed by atoms with Crippen molar-refractivity contribution in [1.29, 1.82) is 0 Å². The van der Waals surface area contributed by atoms with Crippen molar-refractivity contribution in [2.24, 2.45) is 5.73 Å². The van der Waals surface area contributed by atoms with Crippen LogP contribution in [0.3, 0.4) is 0 Å². The summed E-state index contributed by atoms with van der Waals surface area (Å²) in [7, 11) is 0. The third kappa shape index (κ3) is 3.21. The number of nitrogens with two attached hydrogens (primary N) is 1. The topological polar surface area (TPSA) is 68.8 Å². The molecule has 0 fully saturated rings. The van der Waals surface area contributed by atoms with Gasteiger partial charge in [-0.3, -0.25) is 0 Å². The molecule has 0 amide bonds. The number of halogens is 1. The molecule has 0 atom stereocenters. The number of anilines is 1. The minimum Gasteiger partial charge on any atom is -0.389 e. The molecule has 0 radical (unpaired) electrons. The summed E-state index contributed by atoms with van der Waals surface area (Å²) in [6.45, 7) is 3.39. The highest BCUT2D eigenvalue weighted by molar-refractivity contribution is 7.80. The van der Waals surface area contributed by atoms with Crippen molar-refractivity contribution in [1.82, 2.24) is 14.8 Å². The fraction of sp³-hybridized carbons (Fsp3) is 0.250. The Labute approximate surface area is 121 Å². The van der Waals surface area contributed by atoms with Crippen molar-refractivity contribution in [3.63, 3.8) is 0 Å². The van der Waals surface area contributed by atoms with E-state index < -0.39 is 0 Å². The molecular weight excluding hydrogens is 282 g/mol. The van der Waals surface area contributed by atoms with Crippen LogP contribution in [0.5, 0.6) is 0 Å². The van der Waals surface area contributed by atoms with Crippen LogP contribution in [-0.4, -0.2) is 19.8 Å². The van der Waals surface area contributed by atoms with E-state index >= 15 is 0 Å². The number of rotatable bonds is 5. The molecule has 1 heterocycles. The van der Waals surface area contributed by atoms with Crippen LogP contribution in [0.2, 0.25) is 5.02 Å². The van der Waals surface area contributed by atoms with Gasteiger partial charge in [0.25, 0.3) is 0 Å². The second kappa shape index (κ2) is 5.99. The lowest BCUT2D eigenvalue weighted by atomic mass is 10.2. The first-order valence-electron chi connectivity index (χ1n) is 5.81. The van der Waals surface area contributed by atoms with Crippen LogP contribution in [0.1, 0.15) is 18.3 Å². The number of benzene rings is 1. The Kier molecular flexibility index (Phi) is 4.34. The van der Waals surface area contributed by atoms with Gasteiger partial charge < -0.3 is 15.6 Å². The van der Waals surface area contributed by atoms with Gasteiger partial charge in [0.1, 0.15) is 11.3 Å². The fourth-order valence-corrected chi connectivity index (χ4v) is 2.08. The van der Waals surface area contributed by atoms with Gasteiger partial charge in [-0.2, -0.15) is 0 Å². The Morgan fingerprint density at radius 3 is 3.00 bits per heavy atom. The van der Waals surface area contributed by atoms with E-state index in [1.54, 1.807) is 24.5 Å². The van der Waals surface area contributed by atoms with Crippen LogP contribution in [0, 0.1) is 0 Å². The molecule has 0 aliphatic heterocycles. The number of nitrogens with zero attached hydrogens (tertiary/aromatic N) is 3. The third-order valence-corrected chi connectivity index (χ3v) is 3.18. The first kappa shape index (κ1) is 13.8. The summed E-state index contributed by atoms with van der Waals surface area (Å²) in [5.41, 5.74) is 7.25. The van der Waals surface area contributed by atoms with Crippen LogP contribution >= 0.6 is 23.8 Å². The molecule has 19 heavy (non-hydrogen) atoms. The second-order valence-electron chi connectivity index (χ2n) is 3.94. The monoisotopic (exact) mass is 295 g/mol. The molecule has 0 aliphatic rings. The molecule has 0 saturated heterocycles. The maximum Gasteiger partial charge on any atom is 0.152 e. The summed E-state index contributed by atoms with van der Waals surface area (Å²) < 4.78 is 1.96. The number of aromatic nitrogens is 3. The van der Waals surface area contributed by atoms with Crippen LogP contribution in [0.15, 0.2) is 24.5 Å². The van der Waals surface area contributed by atoms with E-state index in [-0.39, 0.29) is 0 Å². The maximum atomic E-state index is 5.98. The van der Waals surface area contributed by atoms with Crippen LogP contribution in [0.4, 0.5) is 5.69 Å². The molecule has 0 aliphatic carbocycles. The highest BCUT2D eigenvalue weighted by Gasteiger charge is 2.08. The highest BCUT2D eigenvalue weighted by atomic mass is 35.5. The molecule has 1 aromatic heterocycles. The Morgan fingerprint density at radius 2 is 2.32 bits per heavy atom. The van der Waals surface area contributed by atoms with E-state index in [9.17, 15) is 0 Å². The molecule has 5 nitrogen and oxygen atoms in total. The fourth-order valence-electron chi connectivity index (χ4n) is 1.73. The zero-order chi connectivity index (χ0) is 13.8. The van der Waals surface area contributed by atoms with Gasteiger partial charge in [-0.1, -0.05) is 23.8 Å². The molecule has 0 saturated carbocycles. The van der Waals surface area contributed by atoms with Gasteiger partial charge >= 0.3 is 0 Å². The van der Waals surface area contributed by atoms with E-state index in [1.165, 1.54) is 0 Å². The quantitative estimate of drug-likeness (QED) is 0.828. The number of aryl methyl sites for hydroxylation is 1. The highest BCUT2D eigenvalue weighted by Crippen LogP contribution is 2.21. The van der Waals surface area contributed by atoms with E-state index in [1.807, 2.05) is 11.5 Å². The molecule has 100 valence electrons. The van der Waals surface area contributed by atoms with Crippen molar-refractivity contribution >= 4 is 34.5 Å². The van der Waals surface area contributed by atoms with Crippen molar-refractivity contribution in [2.45, 2.75) is 20.0 Å². The summed E-state index contributed by atoms with van der Waals surface area (Å²) in [4.78, 5) is 0.330. The molecule has 0 unspecified atom stereocenters. The second-order valence-corrected chi connectivity index (χ2v) is 4.82. The Hall–Kier alpha value is -1.66. The molecule has 2 rings (SSSR count). The van der Waals surface area contributed by atoms with E-state index in [0.717, 1.165) is 23.6 Å². The predicted molar refractivity (Wildman–Crippen MR) is 80.4 cm³/mol. The van der Waals surface area contributed by atoms with E-state index in [2.05, 4.69) is 15.5 Å². The minimum atomic E-state index is 0.330. The van der Waals surface area contributed by atoms with Crippen molar-refractivity contribution in [3.8, 4) is 0 Å². The lowest BCUT2D eigenvalue weighted by Crippen LogP contribution is -2.14. The van der Waals surface area contributed by atoms with Gasteiger partial charge in [-0.05, 0) is 25.1 Å². The predicted octanol–water partition coefficient (Wildman–Crippen LogP) is 2.20. The zero-order valence-electron chi connectivity index (χ0n) is 10.4. The van der Waals surface area contributed by atoms with Crippen LogP contribution in [0.25, 0.3) is 0 Å². The minimum absolute atomic E-state index is 0.330. The number of thiocarbonyl (C=S) groups is 1. The SMILES string of the molecule is CCn1cnnc1CNc1cc(Cl)ccc1C(N)=S. The Morgan fingerprint density at radius 1 is 1.53 bits per heavy atom. The third-order valence-electron chi connectivity index (χ3n) is 2.72. The average Bonchev–Trinajstić information content (AvgIpc) is 2.83. The smallest absolute Gasteiger partial charge is 0.152 e. The van der Waals surface area contributed by atoms with Crippen molar-refractivity contribution in [2.75, 3.05) is 5.32 Å². The van der Waals surface area contributed by atoms with E-state index in [4.69, 9.17) is 29.6 Å². The molecule has 3 N–H and O–H groups in total. The Balaban J connectivity index is 2.19. The number of hydrogen-bond donors (Lipinski definition) is 2. The van der Waals surface area contributed by atoms with Crippen LogP contribution in [-0.2, 0) is 13.1 Å². The van der Waals surface area contributed by atoms with Crippen LogP contribution < -0.4 is 11.1 Å². The molecule has 1 aromatic carbocycles. The zero-order valence-corrected chi connectivity index (χ0v) is 12.0. The normalized spacial score (nSPS) is 10.4. The van der Waals surface area contributed by atoms with Gasteiger partial charge in [-0.15, -0.1) is 10.2 Å². The lowest BCUT2D eigenvalue weighted by molar-refractivity contribution is 0.708. The van der Waals surface area contributed by atoms with Crippen molar-refractivity contribution < 1.29 is 0 Å². The lowest BCUT2D eigenvalue weighted by Gasteiger charge is -2.11. The Bertz CT molecular complexity index is 596. The largest absolute Gasteiger partial charge is 0.389 e. The van der Waals surface area contributed by atoms with Gasteiger partial charge in [-0.25, -0.2) is 0 Å². The standard InChI is InChI=1S/C12H14ClN5S/c1-2-18-7-16-17-11(18)6-15-10-5-8(13)3-4-9(10)12(14)19/h3-5,7,15H,2,6H2,1H3,(H2,14,19). The van der Waals surface area contributed by atoms with Gasteiger partial charge in [0.05, 0.1) is 6.54 Å². The maximum absolute atomic E-state index is 5.98. The summed E-state index contributed by atoms with van der Waals surface area (Å²) in [6.07, 6.45) is 1.70. The van der Waals surface area contributed by atoms with Gasteiger partial charge in [0, 0.05) is 22.8 Å². The van der Waals surface area contributed by atoms with Gasteiger partial charge in [0.2, 0.25) is 0 Å². The molecule has 2 aromatic rings. The molecular formula is C12H14ClN5S. The summed E-state index contributed by atoms with van der Waals surface area (Å²) in [5, 5.41) is 11.8.